The van der Waals surface area contributed by atoms with E-state index in [-0.39, 0.29) is 35.9 Å². The third-order valence-electron chi connectivity index (χ3n) is 4.92. The molecular weight excluding hydrogens is 491 g/mol. The molecule has 0 bridgehead atoms. The van der Waals surface area contributed by atoms with Crippen molar-refractivity contribution >= 4 is 41.5 Å². The van der Waals surface area contributed by atoms with Gasteiger partial charge in [0.1, 0.15) is 0 Å². The van der Waals surface area contributed by atoms with Crippen LogP contribution in [-0.2, 0) is 11.3 Å². The number of carbonyl (C=O) groups excluding carboxylic acids is 1. The predicted octanol–water partition coefficient (Wildman–Crippen LogP) is 2.96. The Morgan fingerprint density at radius 3 is 2.53 bits per heavy atom. The van der Waals surface area contributed by atoms with Crippen LogP contribution in [0.15, 0.2) is 78.0 Å². The first-order chi connectivity index (χ1) is 14.2. The molecule has 1 amide bonds. The zero-order valence-corrected chi connectivity index (χ0v) is 19.1. The van der Waals surface area contributed by atoms with E-state index in [0.29, 0.717) is 25.5 Å². The lowest BCUT2D eigenvalue weighted by atomic mass is 10.2. The van der Waals surface area contributed by atoms with E-state index in [2.05, 4.69) is 32.9 Å². The van der Waals surface area contributed by atoms with Gasteiger partial charge in [0.15, 0.2) is 5.96 Å². The van der Waals surface area contributed by atoms with Crippen LogP contribution in [0.25, 0.3) is 5.69 Å². The average molecular weight is 516 g/mol. The highest BCUT2D eigenvalue weighted by atomic mass is 127. The zero-order valence-electron chi connectivity index (χ0n) is 16.7. The molecule has 1 unspecified atom stereocenters. The van der Waals surface area contributed by atoms with E-state index in [4.69, 9.17) is 0 Å². The quantitative estimate of drug-likeness (QED) is 0.311. The molecule has 1 aliphatic heterocycles. The number of guanidine groups is 1. The highest BCUT2D eigenvalue weighted by molar-refractivity contribution is 14.0. The topological polar surface area (TPSA) is 74.5 Å². The monoisotopic (exact) mass is 516 g/mol. The molecule has 0 saturated carbocycles. The summed E-state index contributed by atoms with van der Waals surface area (Å²) in [6.45, 7) is 1.27. The number of nitrogens with zero attached hydrogens (tertiary/aromatic N) is 4. The van der Waals surface area contributed by atoms with E-state index >= 15 is 0 Å². The number of nitrogens with one attached hydrogen (secondary N) is 2. The second-order valence-electron chi connectivity index (χ2n) is 6.93. The normalized spacial score (nSPS) is 16.3. The van der Waals surface area contributed by atoms with E-state index in [1.165, 1.54) is 0 Å². The second kappa shape index (κ2) is 10.2. The van der Waals surface area contributed by atoms with Crippen LogP contribution in [0.3, 0.4) is 0 Å². The molecule has 0 spiro atoms. The number of hydrogen-bond acceptors (Lipinski definition) is 3. The fraction of sp³-hybridized carbons (Fsp3) is 0.227. The van der Waals surface area contributed by atoms with Gasteiger partial charge in [0, 0.05) is 44.6 Å². The Morgan fingerprint density at radius 1 is 1.10 bits per heavy atom. The minimum Gasteiger partial charge on any atom is -0.352 e. The summed E-state index contributed by atoms with van der Waals surface area (Å²) in [4.78, 5) is 18.5. The van der Waals surface area contributed by atoms with Gasteiger partial charge in [-0.3, -0.25) is 9.79 Å². The molecular formula is C22H25IN6O. The van der Waals surface area contributed by atoms with Crippen LogP contribution in [-0.4, -0.2) is 41.3 Å². The van der Waals surface area contributed by atoms with Crippen molar-refractivity contribution < 1.29 is 4.79 Å². The largest absolute Gasteiger partial charge is 0.352 e. The fourth-order valence-corrected chi connectivity index (χ4v) is 3.42. The second-order valence-corrected chi connectivity index (χ2v) is 6.93. The lowest BCUT2D eigenvalue weighted by Crippen LogP contribution is -2.44. The first-order valence-corrected chi connectivity index (χ1v) is 9.64. The van der Waals surface area contributed by atoms with Gasteiger partial charge in [-0.15, -0.1) is 24.0 Å². The molecule has 1 aliphatic rings. The standard InChI is InChI=1S/C22H24N6O.HI/c1-23-22(24-15-17-8-10-20(11-9-17)28-13-5-12-25-28)26-18-14-21(29)27(16-18)19-6-3-2-4-7-19;/h2-13,18H,14-16H2,1H3,(H2,23,24,26);1H. The molecule has 2 heterocycles. The van der Waals surface area contributed by atoms with Crippen LogP contribution in [0.5, 0.6) is 0 Å². The van der Waals surface area contributed by atoms with Gasteiger partial charge in [-0.05, 0) is 35.9 Å². The van der Waals surface area contributed by atoms with Crippen molar-refractivity contribution in [1.29, 1.82) is 0 Å². The predicted molar refractivity (Wildman–Crippen MR) is 130 cm³/mol. The van der Waals surface area contributed by atoms with Crippen LogP contribution in [0.1, 0.15) is 12.0 Å². The molecule has 2 aromatic carbocycles. The molecule has 2 N–H and O–H groups in total. The maximum atomic E-state index is 12.4. The first-order valence-electron chi connectivity index (χ1n) is 9.64. The summed E-state index contributed by atoms with van der Waals surface area (Å²) in [6.07, 6.45) is 4.13. The third-order valence-corrected chi connectivity index (χ3v) is 4.92. The average Bonchev–Trinajstić information content (AvgIpc) is 3.42. The molecule has 1 atom stereocenters. The molecule has 0 aliphatic carbocycles. The number of anilines is 1. The molecule has 1 aromatic heterocycles. The molecule has 1 saturated heterocycles. The van der Waals surface area contributed by atoms with Gasteiger partial charge < -0.3 is 15.5 Å². The van der Waals surface area contributed by atoms with Crippen molar-refractivity contribution in [1.82, 2.24) is 20.4 Å². The number of para-hydroxylation sites is 1. The lowest BCUT2D eigenvalue weighted by Gasteiger charge is -2.19. The van der Waals surface area contributed by atoms with E-state index in [9.17, 15) is 4.79 Å². The van der Waals surface area contributed by atoms with E-state index < -0.39 is 0 Å². The number of carbonyl (C=O) groups is 1. The third kappa shape index (κ3) is 5.18. The molecule has 1 fully saturated rings. The van der Waals surface area contributed by atoms with E-state index in [0.717, 1.165) is 16.9 Å². The van der Waals surface area contributed by atoms with Crippen LogP contribution < -0.4 is 15.5 Å². The summed E-state index contributed by atoms with van der Waals surface area (Å²) in [5.41, 5.74) is 3.09. The van der Waals surface area contributed by atoms with Crippen LogP contribution in [0, 0.1) is 0 Å². The summed E-state index contributed by atoms with van der Waals surface area (Å²) in [5, 5.41) is 10.9. The molecule has 156 valence electrons. The van der Waals surface area contributed by atoms with Crippen LogP contribution in [0.4, 0.5) is 5.69 Å². The van der Waals surface area contributed by atoms with E-state index in [1.54, 1.807) is 13.2 Å². The molecule has 0 radical (unpaired) electrons. The Hall–Kier alpha value is -2.88. The van der Waals surface area contributed by atoms with E-state index in [1.807, 2.05) is 64.3 Å². The highest BCUT2D eigenvalue weighted by Crippen LogP contribution is 2.21. The summed E-state index contributed by atoms with van der Waals surface area (Å²) in [7, 11) is 1.74. The van der Waals surface area contributed by atoms with Crippen molar-refractivity contribution in [2.45, 2.75) is 19.0 Å². The molecule has 8 heteroatoms. The maximum Gasteiger partial charge on any atom is 0.229 e. The number of rotatable bonds is 5. The Labute approximate surface area is 193 Å². The number of benzene rings is 2. The fourth-order valence-electron chi connectivity index (χ4n) is 3.42. The summed E-state index contributed by atoms with van der Waals surface area (Å²) < 4.78 is 1.83. The zero-order chi connectivity index (χ0) is 20.1. The van der Waals surface area contributed by atoms with Gasteiger partial charge in [-0.2, -0.15) is 5.10 Å². The number of amides is 1. The lowest BCUT2D eigenvalue weighted by molar-refractivity contribution is -0.117. The van der Waals surface area contributed by atoms with Gasteiger partial charge in [-0.1, -0.05) is 30.3 Å². The first kappa shape index (κ1) is 21.8. The Kier molecular flexibility index (Phi) is 7.45. The number of aromatic nitrogens is 2. The van der Waals surface area contributed by atoms with Crippen LogP contribution >= 0.6 is 24.0 Å². The Bertz CT molecular complexity index is 973. The number of aliphatic imine (C=N–C) groups is 1. The van der Waals surface area contributed by atoms with Gasteiger partial charge in [-0.25, -0.2) is 4.68 Å². The van der Waals surface area contributed by atoms with Gasteiger partial charge in [0.25, 0.3) is 0 Å². The van der Waals surface area contributed by atoms with Crippen molar-refractivity contribution in [3.8, 4) is 5.69 Å². The minimum atomic E-state index is 0. The molecule has 7 nitrogen and oxygen atoms in total. The summed E-state index contributed by atoms with van der Waals surface area (Å²) in [5.74, 6) is 0.812. The highest BCUT2D eigenvalue weighted by Gasteiger charge is 2.30. The van der Waals surface area contributed by atoms with Crippen LogP contribution in [0.2, 0.25) is 0 Å². The summed E-state index contributed by atoms with van der Waals surface area (Å²) >= 11 is 0. The Morgan fingerprint density at radius 2 is 1.87 bits per heavy atom. The van der Waals surface area contributed by atoms with Crippen molar-refractivity contribution in [2.75, 3.05) is 18.5 Å². The Balaban J connectivity index is 0.00000256. The van der Waals surface area contributed by atoms with Crippen molar-refractivity contribution in [2.24, 2.45) is 4.99 Å². The molecule has 4 rings (SSSR count). The molecule has 3 aromatic rings. The SMILES string of the molecule is CN=C(NCc1ccc(-n2cccn2)cc1)NC1CC(=O)N(c2ccccc2)C1.I. The molecule has 30 heavy (non-hydrogen) atoms. The maximum absolute atomic E-state index is 12.4. The van der Waals surface area contributed by atoms with Crippen molar-refractivity contribution in [3.05, 3.63) is 78.6 Å². The van der Waals surface area contributed by atoms with Gasteiger partial charge in [0.05, 0.1) is 11.7 Å². The van der Waals surface area contributed by atoms with Gasteiger partial charge in [0.2, 0.25) is 5.91 Å². The number of hydrogen-bond donors (Lipinski definition) is 2. The minimum absolute atomic E-state index is 0. The smallest absolute Gasteiger partial charge is 0.229 e. The van der Waals surface area contributed by atoms with Crippen molar-refractivity contribution in [3.63, 3.8) is 0 Å². The number of halogens is 1. The summed E-state index contributed by atoms with van der Waals surface area (Å²) in [6, 6.07) is 19.9. The van der Waals surface area contributed by atoms with Gasteiger partial charge >= 0.3 is 0 Å².